The van der Waals surface area contributed by atoms with E-state index in [0.29, 0.717) is 5.92 Å². The van der Waals surface area contributed by atoms with Crippen LogP contribution < -0.4 is 0 Å². The fraction of sp³-hybridized carbons (Fsp3) is 0.0588. The van der Waals surface area contributed by atoms with Crippen molar-refractivity contribution in [1.29, 1.82) is 0 Å². The van der Waals surface area contributed by atoms with Crippen LogP contribution in [-0.2, 0) is 20.1 Å². The third kappa shape index (κ3) is 7.11. The molecule has 1 radical (unpaired) electrons. The predicted molar refractivity (Wildman–Crippen MR) is 226 cm³/mol. The number of nitrogens with zero attached hydrogens (tertiary/aromatic N) is 3. The van der Waals surface area contributed by atoms with Crippen molar-refractivity contribution in [2.45, 2.75) is 19.8 Å². The summed E-state index contributed by atoms with van der Waals surface area (Å²) >= 11 is 0. The standard InChI is InChI=1S/C40H29N2O.C11H8N.Ir/c1-26(2)34-25-30(29-21-19-28(20-22-29)27-11-4-3-5-12-27)23-24-36(34)42-37-17-8-7-16-35(37)41-40(42)33-15-10-14-32-31-13-6-9-18-38(31)43-39(32)33;1-2-6-10(7-3-1)11-8-4-5-9-12-11;/h3-14,16-26H,1-2H3;1-6,8-9H;/q2*-1;. The van der Waals surface area contributed by atoms with Crippen LogP contribution in [0.1, 0.15) is 25.3 Å². The zero-order chi connectivity index (χ0) is 37.1. The molecule has 0 fully saturated rings. The molecule has 56 heavy (non-hydrogen) atoms. The summed E-state index contributed by atoms with van der Waals surface area (Å²) in [5.41, 5.74) is 13.8. The number of fused-ring (bicyclic) bond motifs is 4. The molecule has 0 aliphatic rings. The molecule has 0 saturated heterocycles. The van der Waals surface area contributed by atoms with Gasteiger partial charge in [-0.15, -0.1) is 54.1 Å². The molecule has 3 heterocycles. The van der Waals surface area contributed by atoms with Crippen molar-refractivity contribution in [2.75, 3.05) is 0 Å². The predicted octanol–water partition coefficient (Wildman–Crippen LogP) is 13.4. The number of imidazole rings is 1. The fourth-order valence-electron chi connectivity index (χ4n) is 7.25. The Bertz CT molecular complexity index is 2840. The van der Waals surface area contributed by atoms with Gasteiger partial charge in [0.2, 0.25) is 0 Å². The molecule has 0 unspecified atom stereocenters. The quantitative estimate of drug-likeness (QED) is 0.156. The van der Waals surface area contributed by atoms with E-state index < -0.39 is 0 Å². The van der Waals surface area contributed by atoms with Crippen molar-refractivity contribution in [1.82, 2.24) is 14.5 Å². The van der Waals surface area contributed by atoms with Crippen molar-refractivity contribution in [3.05, 3.63) is 200 Å². The van der Waals surface area contributed by atoms with Crippen LogP contribution in [0.5, 0.6) is 0 Å². The first-order valence-electron chi connectivity index (χ1n) is 18.6. The SMILES string of the molecule is CC(C)c1cc(-c2ccc(-c3ccccc3)cc2)ccc1-n1c(-c2[c-]ccc3c2oc2ccccc23)nc2ccccc21.[Ir].[c-]1ccccc1-c1ccccn1. The van der Waals surface area contributed by atoms with E-state index in [-0.39, 0.29) is 20.1 Å². The van der Waals surface area contributed by atoms with Crippen molar-refractivity contribution < 1.29 is 24.5 Å². The molecule has 4 nitrogen and oxygen atoms in total. The second-order valence-corrected chi connectivity index (χ2v) is 13.8. The molecule has 10 rings (SSSR count). The Kier molecular flexibility index (Phi) is 10.5. The second-order valence-electron chi connectivity index (χ2n) is 13.8. The van der Waals surface area contributed by atoms with E-state index in [9.17, 15) is 0 Å². The van der Waals surface area contributed by atoms with Gasteiger partial charge in [0.05, 0.1) is 22.4 Å². The van der Waals surface area contributed by atoms with Crippen LogP contribution in [0.2, 0.25) is 0 Å². The van der Waals surface area contributed by atoms with Gasteiger partial charge in [0.15, 0.2) is 0 Å². The maximum absolute atomic E-state index is 6.44. The maximum atomic E-state index is 6.44. The van der Waals surface area contributed by atoms with Crippen LogP contribution in [0, 0.1) is 12.1 Å². The molecule has 0 aliphatic heterocycles. The molecule has 0 saturated carbocycles. The van der Waals surface area contributed by atoms with Crippen LogP contribution in [0.4, 0.5) is 0 Å². The summed E-state index contributed by atoms with van der Waals surface area (Å²) in [7, 11) is 0. The van der Waals surface area contributed by atoms with Gasteiger partial charge in [0.25, 0.3) is 0 Å². The van der Waals surface area contributed by atoms with E-state index in [0.717, 1.165) is 61.3 Å². The molecule has 0 atom stereocenters. The van der Waals surface area contributed by atoms with Crippen LogP contribution in [0.3, 0.4) is 0 Å². The molecular formula is C51H37IrN3O-2. The second kappa shape index (κ2) is 16.1. The minimum Gasteiger partial charge on any atom is -0.501 e. The molecule has 5 heteroatoms. The van der Waals surface area contributed by atoms with E-state index in [1.807, 2.05) is 66.7 Å². The first kappa shape index (κ1) is 36.6. The van der Waals surface area contributed by atoms with Gasteiger partial charge in [-0.2, -0.15) is 0 Å². The molecule has 0 spiro atoms. The van der Waals surface area contributed by atoms with E-state index in [2.05, 4.69) is 145 Å². The number of pyridine rings is 1. The molecule has 0 bridgehead atoms. The van der Waals surface area contributed by atoms with Gasteiger partial charge in [0, 0.05) is 37.4 Å². The maximum Gasteiger partial charge on any atom is 0.120 e. The summed E-state index contributed by atoms with van der Waals surface area (Å²) in [6.45, 7) is 4.51. The van der Waals surface area contributed by atoms with Gasteiger partial charge in [-0.25, -0.2) is 0 Å². The Morgan fingerprint density at radius 1 is 0.589 bits per heavy atom. The van der Waals surface area contributed by atoms with Crippen molar-refractivity contribution in [2.24, 2.45) is 0 Å². The number of benzene rings is 7. The van der Waals surface area contributed by atoms with Crippen molar-refractivity contribution in [3.63, 3.8) is 0 Å². The van der Waals surface area contributed by atoms with Crippen LogP contribution in [0.15, 0.2) is 187 Å². The molecule has 7 aromatic carbocycles. The molecule has 10 aromatic rings. The number of furan rings is 1. The van der Waals surface area contributed by atoms with Crippen LogP contribution in [0.25, 0.3) is 83.6 Å². The number of aromatic nitrogens is 3. The first-order valence-corrected chi connectivity index (χ1v) is 18.6. The Hall–Kier alpha value is -6.39. The van der Waals surface area contributed by atoms with E-state index in [1.165, 1.54) is 27.8 Å². The van der Waals surface area contributed by atoms with Crippen LogP contribution in [-0.4, -0.2) is 14.5 Å². The topological polar surface area (TPSA) is 43.9 Å². The monoisotopic (exact) mass is 900 g/mol. The van der Waals surface area contributed by atoms with Crippen LogP contribution >= 0.6 is 0 Å². The van der Waals surface area contributed by atoms with Gasteiger partial charge >= 0.3 is 0 Å². The number of rotatable bonds is 6. The van der Waals surface area contributed by atoms with Gasteiger partial charge in [-0.3, -0.25) is 4.98 Å². The zero-order valence-corrected chi connectivity index (χ0v) is 33.4. The molecule has 0 amide bonds. The smallest absolute Gasteiger partial charge is 0.120 e. The van der Waals surface area contributed by atoms with Gasteiger partial charge in [-0.1, -0.05) is 128 Å². The fourth-order valence-corrected chi connectivity index (χ4v) is 7.25. The summed E-state index contributed by atoms with van der Waals surface area (Å²) in [6.07, 6.45) is 1.79. The average Bonchev–Trinajstić information content (AvgIpc) is 3.84. The Morgan fingerprint density at radius 2 is 1.29 bits per heavy atom. The Balaban J connectivity index is 0.000000290. The molecule has 0 N–H and O–H groups in total. The molecule has 0 aliphatic carbocycles. The average molecular weight is 900 g/mol. The van der Waals surface area contributed by atoms with Gasteiger partial charge in [0.1, 0.15) is 5.58 Å². The largest absolute Gasteiger partial charge is 0.501 e. The Morgan fingerprint density at radius 3 is 2.05 bits per heavy atom. The normalized spacial score (nSPS) is 11.1. The zero-order valence-electron chi connectivity index (χ0n) is 31.0. The summed E-state index contributed by atoms with van der Waals surface area (Å²) < 4.78 is 8.72. The minimum absolute atomic E-state index is 0. The van der Waals surface area contributed by atoms with Crippen molar-refractivity contribution >= 4 is 33.0 Å². The minimum atomic E-state index is 0. The Labute approximate surface area is 340 Å². The van der Waals surface area contributed by atoms with E-state index in [4.69, 9.17) is 9.40 Å². The summed E-state index contributed by atoms with van der Waals surface area (Å²) in [4.78, 5) is 9.39. The molecule has 3 aromatic heterocycles. The van der Waals surface area contributed by atoms with E-state index >= 15 is 0 Å². The molecule has 273 valence electrons. The third-order valence-corrected chi connectivity index (χ3v) is 9.99. The number of para-hydroxylation sites is 3. The molecular weight excluding hydrogens is 863 g/mol. The van der Waals surface area contributed by atoms with Gasteiger partial charge < -0.3 is 14.0 Å². The third-order valence-electron chi connectivity index (χ3n) is 9.99. The number of hydrogen-bond donors (Lipinski definition) is 0. The van der Waals surface area contributed by atoms with E-state index in [1.54, 1.807) is 6.20 Å². The van der Waals surface area contributed by atoms with Gasteiger partial charge in [-0.05, 0) is 75.8 Å². The van der Waals surface area contributed by atoms with Crippen molar-refractivity contribution in [3.8, 4) is 50.6 Å². The number of hydrogen-bond acceptors (Lipinski definition) is 3. The summed E-state index contributed by atoms with van der Waals surface area (Å²) in [5, 5.41) is 2.17. The summed E-state index contributed by atoms with van der Waals surface area (Å²) in [5.74, 6) is 1.12. The summed E-state index contributed by atoms with van der Waals surface area (Å²) in [6, 6.07) is 67.1. The first-order chi connectivity index (χ1) is 27.1.